The molecule has 0 heterocycles. The molecule has 1 N–H and O–H groups in total. The van der Waals surface area contributed by atoms with Gasteiger partial charge in [0.2, 0.25) is 0 Å². The number of carbonyl (C=O) groups excluding carboxylic acids is 2. The lowest BCUT2D eigenvalue weighted by Gasteiger charge is -2.70. The minimum Gasteiger partial charge on any atom is -0.458 e. The number of non-ortho nitro benzene ring substituents is 4. The Kier molecular flexibility index (Phi) is 12.4. The fourth-order valence-electron chi connectivity index (χ4n) is 13.1. The fourth-order valence-corrected chi connectivity index (χ4v) is 13.1. The van der Waals surface area contributed by atoms with Crippen molar-refractivity contribution in [1.82, 2.24) is 0 Å². The summed E-state index contributed by atoms with van der Waals surface area (Å²) in [7, 11) is 1.65. The van der Waals surface area contributed by atoms with Gasteiger partial charge < -0.3 is 19.3 Å². The lowest BCUT2D eigenvalue weighted by atomic mass is 9.35. The van der Waals surface area contributed by atoms with Gasteiger partial charge in [0.05, 0.1) is 54.2 Å². The minimum atomic E-state index is -1.17. The average Bonchev–Trinajstić information content (AvgIpc) is 3.59. The number of rotatable bonds is 14. The Balaban J connectivity index is 1.36. The van der Waals surface area contributed by atoms with Crippen LogP contribution in [0.25, 0.3) is 0 Å². The van der Waals surface area contributed by atoms with Gasteiger partial charge >= 0.3 is 11.9 Å². The average molecular weight is 881 g/mol. The summed E-state index contributed by atoms with van der Waals surface area (Å²) < 4.78 is 18.2. The zero-order chi connectivity index (χ0) is 46.8. The maximum Gasteiger partial charge on any atom is 0.338 e. The summed E-state index contributed by atoms with van der Waals surface area (Å²) in [6.07, 6.45) is 4.69. The Labute approximate surface area is 366 Å². The molecular formula is C45H60N4O14. The van der Waals surface area contributed by atoms with E-state index in [1.54, 1.807) is 7.11 Å². The molecule has 2 aromatic carbocycles. The first-order chi connectivity index (χ1) is 29.1. The SMILES string of the molecule is COC(C)(C)CCC[C@@](C)(O)[C@H]1CC[C@]2(C)[C@@H]1[C@H](OC(=O)c1cc([N+](=O)[O-])cc([N+](=O)[O-])c1)C[C@@H]1[C@@]3(C)CC[C@H](OC(=O)c4cc([N+](=O)[O-])cc([N+](=O)[O-])c4)C(C)(C)[C@@H]3CC[C@]12C. The Bertz CT molecular complexity index is 2140. The van der Waals surface area contributed by atoms with Gasteiger partial charge in [-0.05, 0) is 119 Å². The van der Waals surface area contributed by atoms with E-state index in [1.807, 2.05) is 34.6 Å². The van der Waals surface area contributed by atoms with Gasteiger partial charge in [-0.2, -0.15) is 0 Å². The minimum absolute atomic E-state index is 0.0468. The first-order valence-corrected chi connectivity index (χ1v) is 21.7. The normalized spacial score (nSPS) is 31.9. The van der Waals surface area contributed by atoms with Gasteiger partial charge in [-0.25, -0.2) is 9.59 Å². The third-order valence-electron chi connectivity index (χ3n) is 16.7. The Morgan fingerprint density at radius 3 is 1.63 bits per heavy atom. The highest BCUT2D eigenvalue weighted by molar-refractivity contribution is 5.92. The lowest BCUT2D eigenvalue weighted by molar-refractivity contribution is -0.394. The van der Waals surface area contributed by atoms with E-state index in [0.717, 1.165) is 55.7 Å². The highest BCUT2D eigenvalue weighted by Gasteiger charge is 2.72. The van der Waals surface area contributed by atoms with E-state index in [9.17, 15) is 55.2 Å². The zero-order valence-corrected chi connectivity index (χ0v) is 37.5. The second-order valence-corrected chi connectivity index (χ2v) is 20.8. The Morgan fingerprint density at radius 1 is 0.683 bits per heavy atom. The lowest BCUT2D eigenvalue weighted by Crippen LogP contribution is -2.67. The van der Waals surface area contributed by atoms with Crippen molar-refractivity contribution in [3.8, 4) is 0 Å². The molecule has 344 valence electrons. The molecule has 0 aliphatic heterocycles. The number of aliphatic hydroxyl groups is 1. The quantitative estimate of drug-likeness (QED) is 0.105. The number of methoxy groups -OCH3 is 1. The van der Waals surface area contributed by atoms with Crippen molar-refractivity contribution in [3.63, 3.8) is 0 Å². The molecule has 18 nitrogen and oxygen atoms in total. The molecule has 0 radical (unpaired) electrons. The van der Waals surface area contributed by atoms with E-state index < -0.39 is 94.0 Å². The molecule has 0 amide bonds. The number of hydrogen-bond acceptors (Lipinski definition) is 14. The van der Waals surface area contributed by atoms with Crippen molar-refractivity contribution < 1.29 is 48.6 Å². The highest BCUT2D eigenvalue weighted by Crippen LogP contribution is 2.76. The van der Waals surface area contributed by atoms with Crippen LogP contribution in [-0.4, -0.2) is 67.3 Å². The van der Waals surface area contributed by atoms with Crippen molar-refractivity contribution in [2.45, 2.75) is 143 Å². The molecule has 2 aromatic rings. The van der Waals surface area contributed by atoms with Crippen LogP contribution in [0.4, 0.5) is 22.7 Å². The molecule has 4 aliphatic rings. The van der Waals surface area contributed by atoms with Crippen LogP contribution < -0.4 is 0 Å². The molecule has 63 heavy (non-hydrogen) atoms. The first-order valence-electron chi connectivity index (χ1n) is 21.7. The van der Waals surface area contributed by atoms with Gasteiger partial charge in [-0.15, -0.1) is 0 Å². The van der Waals surface area contributed by atoms with Crippen LogP contribution in [-0.2, 0) is 14.2 Å². The third-order valence-corrected chi connectivity index (χ3v) is 16.7. The summed E-state index contributed by atoms with van der Waals surface area (Å²) in [5.74, 6) is -2.60. The van der Waals surface area contributed by atoms with Gasteiger partial charge in [-0.3, -0.25) is 40.5 Å². The molecule has 4 saturated carbocycles. The summed E-state index contributed by atoms with van der Waals surface area (Å²) >= 11 is 0. The molecule has 0 aromatic heterocycles. The van der Waals surface area contributed by atoms with Crippen molar-refractivity contribution in [3.05, 3.63) is 88.0 Å². The molecule has 0 saturated heterocycles. The van der Waals surface area contributed by atoms with Gasteiger partial charge in [0.25, 0.3) is 22.7 Å². The van der Waals surface area contributed by atoms with Crippen molar-refractivity contribution in [2.75, 3.05) is 7.11 Å². The van der Waals surface area contributed by atoms with Crippen LogP contribution in [0.3, 0.4) is 0 Å². The molecular weight excluding hydrogens is 821 g/mol. The van der Waals surface area contributed by atoms with Gasteiger partial charge in [0, 0.05) is 42.7 Å². The Hall–Kier alpha value is -5.10. The summed E-state index contributed by atoms with van der Waals surface area (Å²) in [6.45, 7) is 16.6. The smallest absolute Gasteiger partial charge is 0.338 e. The number of ether oxygens (including phenoxy) is 3. The van der Waals surface area contributed by atoms with Crippen molar-refractivity contribution >= 4 is 34.7 Å². The second-order valence-electron chi connectivity index (χ2n) is 20.8. The topological polar surface area (TPSA) is 255 Å². The molecule has 6 rings (SSSR count). The molecule has 4 aliphatic carbocycles. The summed E-state index contributed by atoms with van der Waals surface area (Å²) in [5.41, 5.74) is -6.52. The zero-order valence-electron chi connectivity index (χ0n) is 37.5. The van der Waals surface area contributed by atoms with Gasteiger partial charge in [0.15, 0.2) is 0 Å². The van der Waals surface area contributed by atoms with E-state index in [-0.39, 0.29) is 40.2 Å². The van der Waals surface area contributed by atoms with Crippen LogP contribution in [0, 0.1) is 85.8 Å². The standard InChI is InChI=1S/C45H60N4O14/c1-40(2,61-9)14-10-15-45(8,52)32-11-17-44(7)37(32)33(62-38(50)26-19-28(46(53)54)23-29(20-26)47(55)56)25-35-42(5)16-13-36(41(3,4)34(42)12-18-43(35,44)6)63-39(51)27-21-30(48(57)58)24-31(22-27)49(59)60/h19-24,32-37,52H,10-18,25H2,1-9H3/t32-,33+,34-,35+,36-,37-,42-,43+,44+,45+/m0/s1. The monoisotopic (exact) mass is 880 g/mol. The Morgan fingerprint density at radius 2 is 1.16 bits per heavy atom. The van der Waals surface area contributed by atoms with Crippen LogP contribution >= 0.6 is 0 Å². The summed E-state index contributed by atoms with van der Waals surface area (Å²) in [4.78, 5) is 71.5. The predicted molar refractivity (Wildman–Crippen MR) is 228 cm³/mol. The molecule has 0 spiro atoms. The molecule has 18 heteroatoms. The number of esters is 2. The van der Waals surface area contributed by atoms with Crippen molar-refractivity contribution in [2.24, 2.45) is 45.3 Å². The second kappa shape index (κ2) is 16.5. The number of benzene rings is 2. The number of hydrogen-bond donors (Lipinski definition) is 1. The largest absolute Gasteiger partial charge is 0.458 e. The molecule has 0 unspecified atom stereocenters. The summed E-state index contributed by atoms with van der Waals surface area (Å²) in [5, 5.41) is 59.2. The van der Waals surface area contributed by atoms with Gasteiger partial charge in [-0.1, -0.05) is 34.6 Å². The van der Waals surface area contributed by atoms with E-state index in [0.29, 0.717) is 44.9 Å². The number of nitrogens with zero attached hydrogens (tertiary/aromatic N) is 4. The van der Waals surface area contributed by atoms with Crippen LogP contribution in [0.2, 0.25) is 0 Å². The highest BCUT2D eigenvalue weighted by atomic mass is 16.6. The van der Waals surface area contributed by atoms with Crippen molar-refractivity contribution in [1.29, 1.82) is 0 Å². The maximum atomic E-state index is 14.2. The first kappa shape index (κ1) is 47.4. The van der Waals surface area contributed by atoms with E-state index in [1.165, 1.54) is 0 Å². The van der Waals surface area contributed by atoms with Gasteiger partial charge in [0.1, 0.15) is 12.2 Å². The summed E-state index contributed by atoms with van der Waals surface area (Å²) in [6, 6.07) is 5.49. The molecule has 0 bridgehead atoms. The number of nitro benzene ring substituents is 4. The number of fused-ring (bicyclic) bond motifs is 5. The number of carbonyl (C=O) groups is 2. The fraction of sp³-hybridized carbons (Fsp3) is 0.689. The molecule has 10 atom stereocenters. The molecule has 4 fully saturated rings. The number of nitro groups is 4. The van der Waals surface area contributed by atoms with E-state index >= 15 is 0 Å². The van der Waals surface area contributed by atoms with Crippen LogP contribution in [0.1, 0.15) is 140 Å². The van der Waals surface area contributed by atoms with Crippen LogP contribution in [0.15, 0.2) is 36.4 Å². The third kappa shape index (κ3) is 8.40. The predicted octanol–water partition coefficient (Wildman–Crippen LogP) is 9.71. The van der Waals surface area contributed by atoms with E-state index in [2.05, 4.69) is 20.8 Å². The van der Waals surface area contributed by atoms with Crippen LogP contribution in [0.5, 0.6) is 0 Å². The van der Waals surface area contributed by atoms with E-state index in [4.69, 9.17) is 14.2 Å². The maximum absolute atomic E-state index is 14.2.